The Morgan fingerprint density at radius 1 is 1.53 bits per heavy atom. The number of carbonyl (C=O) groups is 1. The van der Waals surface area contributed by atoms with E-state index in [9.17, 15) is 13.6 Å². The smallest absolute Gasteiger partial charge is 0.260 e. The van der Waals surface area contributed by atoms with E-state index in [2.05, 4.69) is 13.8 Å². The van der Waals surface area contributed by atoms with Gasteiger partial charge in [-0.3, -0.25) is 4.79 Å². The zero-order valence-corrected chi connectivity index (χ0v) is 9.22. The Morgan fingerprint density at radius 3 is 2.53 bits per heavy atom. The van der Waals surface area contributed by atoms with Gasteiger partial charge in [-0.25, -0.2) is 8.78 Å². The van der Waals surface area contributed by atoms with Crippen LogP contribution in [-0.2, 0) is 4.79 Å². The van der Waals surface area contributed by atoms with E-state index in [4.69, 9.17) is 0 Å². The lowest BCUT2D eigenvalue weighted by molar-refractivity contribution is -0.134. The summed E-state index contributed by atoms with van der Waals surface area (Å²) in [5.74, 6) is -4.07. The van der Waals surface area contributed by atoms with Gasteiger partial charge in [0.2, 0.25) is 5.91 Å². The normalized spacial score (nSPS) is 38.1. The molecule has 0 radical (unpaired) electrons. The fourth-order valence-corrected chi connectivity index (χ4v) is 2.20. The van der Waals surface area contributed by atoms with Crippen LogP contribution < -0.4 is 0 Å². The van der Waals surface area contributed by atoms with E-state index in [0.29, 0.717) is 13.1 Å². The van der Waals surface area contributed by atoms with Crippen LogP contribution in [0.25, 0.3) is 0 Å². The first-order valence-electron chi connectivity index (χ1n) is 5.55. The number of hydrogen-bond acceptors (Lipinski definition) is 1. The van der Waals surface area contributed by atoms with Crippen LogP contribution in [0.15, 0.2) is 0 Å². The van der Waals surface area contributed by atoms with Crippen molar-refractivity contribution in [1.29, 1.82) is 0 Å². The molecule has 86 valence electrons. The molecule has 1 amide bonds. The molecule has 1 saturated heterocycles. The quantitative estimate of drug-likeness (QED) is 0.695. The molecule has 4 heteroatoms. The second kappa shape index (κ2) is 3.16. The van der Waals surface area contributed by atoms with Gasteiger partial charge in [-0.15, -0.1) is 0 Å². The number of rotatable bonds is 2. The maximum Gasteiger partial charge on any atom is 0.260 e. The highest BCUT2D eigenvalue weighted by molar-refractivity contribution is 5.83. The van der Waals surface area contributed by atoms with Crippen molar-refractivity contribution >= 4 is 5.91 Å². The Balaban J connectivity index is 1.95. The molecule has 0 bridgehead atoms. The summed E-state index contributed by atoms with van der Waals surface area (Å²) >= 11 is 0. The molecule has 1 aliphatic heterocycles. The van der Waals surface area contributed by atoms with Gasteiger partial charge in [0.15, 0.2) is 0 Å². The third-order valence-electron chi connectivity index (χ3n) is 3.85. The lowest BCUT2D eigenvalue weighted by Gasteiger charge is -2.22. The van der Waals surface area contributed by atoms with E-state index in [-0.39, 0.29) is 17.7 Å². The van der Waals surface area contributed by atoms with E-state index in [1.807, 2.05) is 0 Å². The number of alkyl halides is 2. The van der Waals surface area contributed by atoms with Gasteiger partial charge < -0.3 is 4.90 Å². The molecule has 0 N–H and O–H groups in total. The van der Waals surface area contributed by atoms with Crippen molar-refractivity contribution in [3.8, 4) is 0 Å². The minimum atomic E-state index is -2.72. The first-order chi connectivity index (χ1) is 6.88. The van der Waals surface area contributed by atoms with Crippen LogP contribution in [-0.4, -0.2) is 29.8 Å². The predicted molar refractivity (Wildman–Crippen MR) is 52.6 cm³/mol. The third-order valence-corrected chi connectivity index (χ3v) is 3.85. The Hall–Kier alpha value is -0.670. The highest BCUT2D eigenvalue weighted by atomic mass is 19.3. The minimum Gasteiger partial charge on any atom is -0.342 e. The first kappa shape index (κ1) is 10.8. The first-order valence-corrected chi connectivity index (χ1v) is 5.55. The summed E-state index contributed by atoms with van der Waals surface area (Å²) in [5.41, 5.74) is 0.139. The zero-order chi connectivity index (χ0) is 11.3. The molecule has 2 nitrogen and oxygen atoms in total. The molecule has 0 unspecified atom stereocenters. The second-order valence-electron chi connectivity index (χ2n) is 5.19. The summed E-state index contributed by atoms with van der Waals surface area (Å²) in [6.45, 7) is 5.50. The van der Waals surface area contributed by atoms with Crippen molar-refractivity contribution in [1.82, 2.24) is 4.90 Å². The van der Waals surface area contributed by atoms with Crippen molar-refractivity contribution in [3.63, 3.8) is 0 Å². The van der Waals surface area contributed by atoms with E-state index >= 15 is 0 Å². The second-order valence-corrected chi connectivity index (χ2v) is 5.19. The standard InChI is InChI=1S/C11H17F2NO/c1-3-10(2)4-5-14(7-10)9(15)8-6-11(8,12)13/h8H,3-7H2,1-2H3/t8-,10-/m0/s1. The third kappa shape index (κ3) is 1.86. The van der Waals surface area contributed by atoms with Crippen molar-refractivity contribution < 1.29 is 13.6 Å². The molecular weight excluding hydrogens is 200 g/mol. The van der Waals surface area contributed by atoms with Gasteiger partial charge in [0, 0.05) is 19.5 Å². The molecule has 0 aromatic heterocycles. The lowest BCUT2D eigenvalue weighted by Crippen LogP contribution is -2.33. The molecule has 1 heterocycles. The topological polar surface area (TPSA) is 20.3 Å². The number of amides is 1. The van der Waals surface area contributed by atoms with Crippen molar-refractivity contribution in [2.24, 2.45) is 11.3 Å². The van der Waals surface area contributed by atoms with Gasteiger partial charge in [0.25, 0.3) is 5.92 Å². The van der Waals surface area contributed by atoms with E-state index in [1.54, 1.807) is 4.90 Å². The average Bonchev–Trinajstić information content (AvgIpc) is 2.63. The van der Waals surface area contributed by atoms with Crippen LogP contribution >= 0.6 is 0 Å². The lowest BCUT2D eigenvalue weighted by atomic mass is 9.87. The van der Waals surface area contributed by atoms with Crippen molar-refractivity contribution in [3.05, 3.63) is 0 Å². The fraction of sp³-hybridized carbons (Fsp3) is 0.909. The summed E-state index contributed by atoms with van der Waals surface area (Å²) in [6.07, 6.45) is 1.69. The Kier molecular flexibility index (Phi) is 2.28. The SMILES string of the molecule is CC[C@@]1(C)CCN(C(=O)[C@@H]2CC2(F)F)C1. The molecule has 1 aliphatic carbocycles. The number of carbonyl (C=O) groups excluding carboxylic acids is 1. The number of hydrogen-bond donors (Lipinski definition) is 0. The van der Waals surface area contributed by atoms with Gasteiger partial charge in [-0.05, 0) is 18.3 Å². The van der Waals surface area contributed by atoms with Crippen LogP contribution in [0.2, 0.25) is 0 Å². The molecule has 1 saturated carbocycles. The van der Waals surface area contributed by atoms with Crippen LogP contribution in [0, 0.1) is 11.3 Å². The summed E-state index contributed by atoms with van der Waals surface area (Å²) in [6, 6.07) is 0. The fourth-order valence-electron chi connectivity index (χ4n) is 2.20. The van der Waals surface area contributed by atoms with Crippen LogP contribution in [0.3, 0.4) is 0 Å². The van der Waals surface area contributed by atoms with Gasteiger partial charge in [0.1, 0.15) is 5.92 Å². The number of likely N-dealkylation sites (tertiary alicyclic amines) is 1. The Morgan fingerprint density at radius 2 is 2.13 bits per heavy atom. The molecule has 0 aromatic rings. The minimum absolute atomic E-state index is 0.139. The largest absolute Gasteiger partial charge is 0.342 e. The Bertz CT molecular complexity index is 292. The van der Waals surface area contributed by atoms with Crippen LogP contribution in [0.5, 0.6) is 0 Å². The summed E-state index contributed by atoms with van der Waals surface area (Å²) in [5, 5.41) is 0. The molecule has 2 aliphatic rings. The van der Waals surface area contributed by atoms with Crippen LogP contribution in [0.1, 0.15) is 33.1 Å². The summed E-state index contributed by atoms with van der Waals surface area (Å²) < 4.78 is 25.5. The van der Waals surface area contributed by atoms with Gasteiger partial charge in [-0.1, -0.05) is 13.8 Å². The van der Waals surface area contributed by atoms with Gasteiger partial charge in [-0.2, -0.15) is 0 Å². The highest BCUT2D eigenvalue weighted by Crippen LogP contribution is 2.50. The van der Waals surface area contributed by atoms with Gasteiger partial charge in [0.05, 0.1) is 0 Å². The van der Waals surface area contributed by atoms with Crippen molar-refractivity contribution in [2.75, 3.05) is 13.1 Å². The van der Waals surface area contributed by atoms with E-state index in [0.717, 1.165) is 12.8 Å². The molecule has 15 heavy (non-hydrogen) atoms. The molecule has 0 spiro atoms. The summed E-state index contributed by atoms with van der Waals surface area (Å²) in [7, 11) is 0. The molecule has 2 rings (SSSR count). The van der Waals surface area contributed by atoms with Crippen molar-refractivity contribution in [2.45, 2.75) is 39.0 Å². The van der Waals surface area contributed by atoms with E-state index < -0.39 is 11.8 Å². The predicted octanol–water partition coefficient (Wildman–Crippen LogP) is 2.29. The van der Waals surface area contributed by atoms with Gasteiger partial charge >= 0.3 is 0 Å². The molecular formula is C11H17F2NO. The zero-order valence-electron chi connectivity index (χ0n) is 9.22. The monoisotopic (exact) mass is 217 g/mol. The molecule has 2 fully saturated rings. The molecule has 2 atom stereocenters. The maximum absolute atomic E-state index is 12.7. The Labute approximate surface area is 88.6 Å². The average molecular weight is 217 g/mol. The maximum atomic E-state index is 12.7. The molecule has 0 aromatic carbocycles. The van der Waals surface area contributed by atoms with Crippen LogP contribution in [0.4, 0.5) is 8.78 Å². The number of halogens is 2. The van der Waals surface area contributed by atoms with E-state index in [1.165, 1.54) is 0 Å². The highest BCUT2D eigenvalue weighted by Gasteiger charge is 2.62. The number of nitrogens with zero attached hydrogens (tertiary/aromatic N) is 1. The summed E-state index contributed by atoms with van der Waals surface area (Å²) in [4.78, 5) is 13.3.